The number of fused-ring (bicyclic) bond motifs is 2. The van der Waals surface area contributed by atoms with E-state index in [2.05, 4.69) is 15.9 Å². The highest BCUT2D eigenvalue weighted by Gasteiger charge is 2.25. The van der Waals surface area contributed by atoms with Crippen molar-refractivity contribution in [3.05, 3.63) is 81.6 Å². The fourth-order valence-corrected chi connectivity index (χ4v) is 4.79. The van der Waals surface area contributed by atoms with Crippen LogP contribution in [-0.4, -0.2) is 8.42 Å². The fraction of sp³-hybridized carbons (Fsp3) is 0. The first-order chi connectivity index (χ1) is 12.0. The lowest BCUT2D eigenvalue weighted by atomic mass is 10.1. The number of benzene rings is 3. The van der Waals surface area contributed by atoms with Crippen LogP contribution >= 0.6 is 15.9 Å². The van der Waals surface area contributed by atoms with Gasteiger partial charge < -0.3 is 4.42 Å². The van der Waals surface area contributed by atoms with Crippen molar-refractivity contribution in [2.75, 3.05) is 0 Å². The summed E-state index contributed by atoms with van der Waals surface area (Å²) in [6.45, 7) is 0. The molecular weight excluding hydrogens is 404 g/mol. The molecule has 0 amide bonds. The Balaban J connectivity index is 2.05. The molecule has 0 bridgehead atoms. The second-order valence-corrected chi connectivity index (χ2v) is 8.27. The summed E-state index contributed by atoms with van der Waals surface area (Å²) >= 11 is 3.43. The van der Waals surface area contributed by atoms with Gasteiger partial charge in [0, 0.05) is 15.2 Å². The molecule has 3 aromatic carbocycles. The van der Waals surface area contributed by atoms with Gasteiger partial charge in [0.05, 0.1) is 4.90 Å². The second kappa shape index (κ2) is 5.82. The summed E-state index contributed by atoms with van der Waals surface area (Å²) in [6, 6.07) is 18.5. The molecule has 0 radical (unpaired) electrons. The SMILES string of the molecule is O=c1oc2ccccc2cc1S(=O)(=O)c1ccc(Br)c2ccccc12. The van der Waals surface area contributed by atoms with Gasteiger partial charge in [0.2, 0.25) is 9.84 Å². The van der Waals surface area contributed by atoms with E-state index < -0.39 is 15.5 Å². The molecule has 124 valence electrons. The number of rotatable bonds is 2. The number of halogens is 1. The lowest BCUT2D eigenvalue weighted by Gasteiger charge is -2.09. The molecule has 25 heavy (non-hydrogen) atoms. The van der Waals surface area contributed by atoms with Crippen LogP contribution in [-0.2, 0) is 9.84 Å². The van der Waals surface area contributed by atoms with E-state index in [1.807, 2.05) is 12.1 Å². The molecule has 0 N–H and O–H groups in total. The molecule has 4 nitrogen and oxygen atoms in total. The number of hydrogen-bond donors (Lipinski definition) is 0. The number of hydrogen-bond acceptors (Lipinski definition) is 4. The Morgan fingerprint density at radius 2 is 1.48 bits per heavy atom. The van der Waals surface area contributed by atoms with Gasteiger partial charge in [-0.25, -0.2) is 13.2 Å². The molecule has 1 aromatic heterocycles. The van der Waals surface area contributed by atoms with Crippen molar-refractivity contribution in [1.29, 1.82) is 0 Å². The third kappa shape index (κ3) is 2.58. The highest BCUT2D eigenvalue weighted by Crippen LogP contribution is 2.32. The summed E-state index contributed by atoms with van der Waals surface area (Å²) in [5.74, 6) is 0. The van der Waals surface area contributed by atoms with Crippen molar-refractivity contribution < 1.29 is 12.8 Å². The number of para-hydroxylation sites is 1. The zero-order valence-corrected chi connectivity index (χ0v) is 15.2. The van der Waals surface area contributed by atoms with Crippen molar-refractivity contribution in [3.8, 4) is 0 Å². The molecule has 0 aliphatic heterocycles. The Morgan fingerprint density at radius 1 is 0.800 bits per heavy atom. The van der Waals surface area contributed by atoms with Gasteiger partial charge in [-0.15, -0.1) is 0 Å². The smallest absolute Gasteiger partial charge is 0.355 e. The van der Waals surface area contributed by atoms with E-state index in [0.29, 0.717) is 16.4 Å². The van der Waals surface area contributed by atoms with Crippen LogP contribution in [0.5, 0.6) is 0 Å². The molecular formula is C19H11BrO4S. The molecule has 0 unspecified atom stereocenters. The maximum absolute atomic E-state index is 13.1. The lowest BCUT2D eigenvalue weighted by Crippen LogP contribution is -2.14. The topological polar surface area (TPSA) is 64.3 Å². The first-order valence-electron chi connectivity index (χ1n) is 7.44. The molecule has 1 heterocycles. The maximum Gasteiger partial charge on any atom is 0.355 e. The summed E-state index contributed by atoms with van der Waals surface area (Å²) in [4.78, 5) is 12.0. The third-order valence-electron chi connectivity index (χ3n) is 4.02. The van der Waals surface area contributed by atoms with Crippen LogP contribution in [0.1, 0.15) is 0 Å². The molecule has 0 aliphatic rings. The van der Waals surface area contributed by atoms with Gasteiger partial charge in [-0.2, -0.15) is 0 Å². The molecule has 4 aromatic rings. The molecule has 4 rings (SSSR count). The highest BCUT2D eigenvalue weighted by atomic mass is 79.9. The van der Waals surface area contributed by atoms with Gasteiger partial charge in [0.25, 0.3) is 0 Å². The second-order valence-electron chi connectivity index (χ2n) is 5.53. The number of sulfone groups is 1. The van der Waals surface area contributed by atoms with E-state index >= 15 is 0 Å². The summed E-state index contributed by atoms with van der Waals surface area (Å²) < 4.78 is 32.3. The highest BCUT2D eigenvalue weighted by molar-refractivity contribution is 9.10. The minimum atomic E-state index is -4.03. The average molecular weight is 415 g/mol. The fourth-order valence-electron chi connectivity index (χ4n) is 2.82. The Bertz CT molecular complexity index is 1290. The van der Waals surface area contributed by atoms with Gasteiger partial charge in [-0.3, -0.25) is 0 Å². The standard InChI is InChI=1S/C19H11BrO4S/c20-15-9-10-17(14-7-3-2-6-13(14)15)25(22,23)18-11-12-5-1-4-8-16(12)24-19(18)21/h1-11H. The van der Waals surface area contributed by atoms with Crippen molar-refractivity contribution >= 4 is 47.5 Å². The van der Waals surface area contributed by atoms with E-state index in [4.69, 9.17) is 4.42 Å². The molecule has 0 spiro atoms. The molecule has 0 saturated heterocycles. The van der Waals surface area contributed by atoms with Crippen LogP contribution in [0, 0.1) is 0 Å². The zero-order valence-electron chi connectivity index (χ0n) is 12.8. The summed E-state index contributed by atoms with van der Waals surface area (Å²) in [5.41, 5.74) is -0.516. The minimum absolute atomic E-state index is 0.0777. The van der Waals surface area contributed by atoms with Gasteiger partial charge in [0.1, 0.15) is 5.58 Å². The molecule has 6 heteroatoms. The van der Waals surface area contributed by atoms with Crippen LogP contribution in [0.15, 0.2) is 90.2 Å². The Labute approximate surface area is 151 Å². The molecule has 0 saturated carbocycles. The predicted octanol–water partition coefficient (Wildman–Crippen LogP) is 4.54. The molecule has 0 aliphatic carbocycles. The minimum Gasteiger partial charge on any atom is -0.422 e. The normalized spacial score (nSPS) is 11.9. The van der Waals surface area contributed by atoms with Gasteiger partial charge in [0.15, 0.2) is 4.90 Å². The first kappa shape index (κ1) is 16.1. The average Bonchev–Trinajstić information content (AvgIpc) is 2.61. The van der Waals surface area contributed by atoms with E-state index in [1.165, 1.54) is 12.1 Å². The summed E-state index contributed by atoms with van der Waals surface area (Å²) in [6.07, 6.45) is 0. The summed E-state index contributed by atoms with van der Waals surface area (Å²) in [5, 5.41) is 1.86. The zero-order chi connectivity index (χ0) is 17.6. The van der Waals surface area contributed by atoms with E-state index in [9.17, 15) is 13.2 Å². The quantitative estimate of drug-likeness (QED) is 0.451. The van der Waals surface area contributed by atoms with Gasteiger partial charge in [-0.05, 0) is 29.7 Å². The van der Waals surface area contributed by atoms with Crippen molar-refractivity contribution in [2.45, 2.75) is 9.79 Å². The van der Waals surface area contributed by atoms with Crippen LogP contribution in [0.2, 0.25) is 0 Å². The Morgan fingerprint density at radius 3 is 2.28 bits per heavy atom. The lowest BCUT2D eigenvalue weighted by molar-refractivity contribution is 0.533. The van der Waals surface area contributed by atoms with Crippen molar-refractivity contribution in [1.82, 2.24) is 0 Å². The monoisotopic (exact) mass is 414 g/mol. The van der Waals surface area contributed by atoms with E-state index in [0.717, 1.165) is 9.86 Å². The van der Waals surface area contributed by atoms with Crippen LogP contribution < -0.4 is 5.63 Å². The third-order valence-corrected chi connectivity index (χ3v) is 6.51. The van der Waals surface area contributed by atoms with E-state index in [1.54, 1.807) is 42.5 Å². The molecule has 0 fully saturated rings. The Hall–Kier alpha value is -2.44. The first-order valence-corrected chi connectivity index (χ1v) is 9.71. The van der Waals surface area contributed by atoms with Crippen molar-refractivity contribution in [2.24, 2.45) is 0 Å². The van der Waals surface area contributed by atoms with Crippen LogP contribution in [0.25, 0.3) is 21.7 Å². The Kier molecular flexibility index (Phi) is 3.74. The predicted molar refractivity (Wildman–Crippen MR) is 99.6 cm³/mol. The van der Waals surface area contributed by atoms with Gasteiger partial charge in [-0.1, -0.05) is 58.4 Å². The van der Waals surface area contributed by atoms with Gasteiger partial charge >= 0.3 is 5.63 Å². The summed E-state index contributed by atoms with van der Waals surface area (Å²) in [7, 11) is -4.03. The maximum atomic E-state index is 13.1. The molecule has 0 atom stereocenters. The van der Waals surface area contributed by atoms with Crippen LogP contribution in [0.4, 0.5) is 0 Å². The van der Waals surface area contributed by atoms with Crippen molar-refractivity contribution in [3.63, 3.8) is 0 Å². The van der Waals surface area contributed by atoms with Crippen LogP contribution in [0.3, 0.4) is 0 Å². The largest absolute Gasteiger partial charge is 0.422 e. The van der Waals surface area contributed by atoms with E-state index in [-0.39, 0.29) is 9.79 Å².